The van der Waals surface area contributed by atoms with Crippen LogP contribution >= 0.6 is 11.8 Å². The third-order valence-electron chi connectivity index (χ3n) is 6.27. The summed E-state index contributed by atoms with van der Waals surface area (Å²) < 4.78 is 11.3. The average Bonchev–Trinajstić information content (AvgIpc) is 2.88. The van der Waals surface area contributed by atoms with Crippen LogP contribution in [0, 0.1) is 11.3 Å². The highest BCUT2D eigenvalue weighted by Gasteiger charge is 2.49. The summed E-state index contributed by atoms with van der Waals surface area (Å²) >= 11 is 1.76. The number of hydrogen-bond acceptors (Lipinski definition) is 6. The first-order valence-electron chi connectivity index (χ1n) is 11.2. The monoisotopic (exact) mass is 449 g/mol. The van der Waals surface area contributed by atoms with Crippen LogP contribution in [0.25, 0.3) is 6.08 Å². The molecule has 2 aromatic rings. The van der Waals surface area contributed by atoms with E-state index in [0.29, 0.717) is 26.4 Å². The summed E-state index contributed by atoms with van der Waals surface area (Å²) in [5.41, 5.74) is 2.57. The van der Waals surface area contributed by atoms with Crippen LogP contribution in [-0.4, -0.2) is 73.9 Å². The standard InChI is InChI=1S/C26H31N3O2S/c1-32-25(24(28-12-16-30-17-13-28)20-22-8-4-2-5-9-22)26(21-27,23-10-6-3-7-11-23)29-14-18-31-19-15-29/h2-11,20,25H,12-19H2,1H3/b24-20-. The highest BCUT2D eigenvalue weighted by atomic mass is 32.2. The molecule has 2 aromatic carbocycles. The highest BCUT2D eigenvalue weighted by Crippen LogP contribution is 2.43. The van der Waals surface area contributed by atoms with E-state index in [0.717, 1.165) is 37.3 Å². The third kappa shape index (κ3) is 4.72. The zero-order valence-corrected chi connectivity index (χ0v) is 19.5. The summed E-state index contributed by atoms with van der Waals surface area (Å²) in [4.78, 5) is 4.74. The third-order valence-corrected chi connectivity index (χ3v) is 7.32. The molecule has 2 atom stereocenters. The molecule has 0 saturated carbocycles. The van der Waals surface area contributed by atoms with Crippen LogP contribution in [0.15, 0.2) is 66.4 Å². The lowest BCUT2D eigenvalue weighted by Gasteiger charge is -2.48. The second-order valence-corrected chi connectivity index (χ2v) is 8.98. The van der Waals surface area contributed by atoms with E-state index >= 15 is 0 Å². The topological polar surface area (TPSA) is 48.7 Å². The molecule has 0 radical (unpaired) electrons. The summed E-state index contributed by atoms with van der Waals surface area (Å²) in [5.74, 6) is 0. The molecule has 4 rings (SSSR count). The van der Waals surface area contributed by atoms with Crippen molar-refractivity contribution in [3.8, 4) is 6.07 Å². The van der Waals surface area contributed by atoms with Gasteiger partial charge in [-0.05, 0) is 23.5 Å². The van der Waals surface area contributed by atoms with Crippen molar-refractivity contribution in [2.45, 2.75) is 10.8 Å². The number of benzene rings is 2. The molecule has 2 saturated heterocycles. The number of rotatable bonds is 7. The Bertz CT molecular complexity index is 919. The maximum absolute atomic E-state index is 10.9. The molecular weight excluding hydrogens is 418 g/mol. The predicted octanol–water partition coefficient (Wildman–Crippen LogP) is 3.84. The molecule has 0 spiro atoms. The van der Waals surface area contributed by atoms with Gasteiger partial charge in [0.25, 0.3) is 0 Å². The van der Waals surface area contributed by atoms with Gasteiger partial charge in [-0.1, -0.05) is 60.7 Å². The van der Waals surface area contributed by atoms with Gasteiger partial charge in [-0.2, -0.15) is 17.0 Å². The summed E-state index contributed by atoms with van der Waals surface area (Å²) in [6.07, 6.45) is 4.39. The largest absolute Gasteiger partial charge is 0.379 e. The molecule has 0 N–H and O–H groups in total. The van der Waals surface area contributed by atoms with Gasteiger partial charge in [-0.25, -0.2) is 0 Å². The number of hydrogen-bond donors (Lipinski definition) is 0. The number of morpholine rings is 2. The van der Waals surface area contributed by atoms with Crippen molar-refractivity contribution in [2.24, 2.45) is 0 Å². The van der Waals surface area contributed by atoms with Crippen LogP contribution in [0.1, 0.15) is 11.1 Å². The molecule has 5 nitrogen and oxygen atoms in total. The Balaban J connectivity index is 1.87. The Morgan fingerprint density at radius 3 is 2.06 bits per heavy atom. The van der Waals surface area contributed by atoms with E-state index in [2.05, 4.69) is 64.6 Å². The van der Waals surface area contributed by atoms with Gasteiger partial charge in [0.05, 0.1) is 37.7 Å². The zero-order valence-electron chi connectivity index (χ0n) is 18.7. The molecule has 0 aromatic heterocycles. The van der Waals surface area contributed by atoms with Crippen LogP contribution < -0.4 is 0 Å². The van der Waals surface area contributed by atoms with Gasteiger partial charge in [0.2, 0.25) is 0 Å². The minimum atomic E-state index is -0.802. The molecule has 0 bridgehead atoms. The second-order valence-electron chi connectivity index (χ2n) is 8.04. The molecule has 6 heteroatoms. The van der Waals surface area contributed by atoms with Gasteiger partial charge in [-0.3, -0.25) is 4.90 Å². The van der Waals surface area contributed by atoms with Crippen molar-refractivity contribution >= 4 is 17.8 Å². The Morgan fingerprint density at radius 1 is 0.938 bits per heavy atom. The zero-order chi connectivity index (χ0) is 22.2. The predicted molar refractivity (Wildman–Crippen MR) is 130 cm³/mol. The van der Waals surface area contributed by atoms with Gasteiger partial charge >= 0.3 is 0 Å². The maximum atomic E-state index is 10.9. The Kier molecular flexibility index (Phi) is 7.88. The van der Waals surface area contributed by atoms with Crippen molar-refractivity contribution in [1.82, 2.24) is 9.80 Å². The highest BCUT2D eigenvalue weighted by molar-refractivity contribution is 7.99. The Hall–Kier alpha value is -2.30. The molecule has 0 amide bonds. The van der Waals surface area contributed by atoms with Crippen LogP contribution in [0.5, 0.6) is 0 Å². The lowest BCUT2D eigenvalue weighted by atomic mass is 9.83. The lowest BCUT2D eigenvalue weighted by Crippen LogP contribution is -2.58. The van der Waals surface area contributed by atoms with E-state index in [1.807, 2.05) is 24.3 Å². The van der Waals surface area contributed by atoms with Crippen molar-refractivity contribution in [3.05, 3.63) is 77.5 Å². The number of thioether (sulfide) groups is 1. The smallest absolute Gasteiger partial charge is 0.152 e. The number of nitriles is 1. The first kappa shape index (κ1) is 22.9. The molecular formula is C26H31N3O2S. The fourth-order valence-electron chi connectivity index (χ4n) is 4.68. The fourth-order valence-corrected chi connectivity index (χ4v) is 5.82. The summed E-state index contributed by atoms with van der Waals surface area (Å²) in [6.45, 7) is 5.83. The van der Waals surface area contributed by atoms with Gasteiger partial charge in [0, 0.05) is 31.9 Å². The van der Waals surface area contributed by atoms with Gasteiger partial charge < -0.3 is 14.4 Å². The first-order chi connectivity index (χ1) is 15.8. The normalized spacial score (nSPS) is 20.9. The first-order valence-corrected chi connectivity index (χ1v) is 12.5. The molecule has 2 aliphatic rings. The van der Waals surface area contributed by atoms with Crippen molar-refractivity contribution in [1.29, 1.82) is 5.26 Å². The van der Waals surface area contributed by atoms with Gasteiger partial charge in [0.15, 0.2) is 5.54 Å². The molecule has 2 unspecified atom stereocenters. The van der Waals surface area contributed by atoms with Crippen LogP contribution in [0.3, 0.4) is 0 Å². The van der Waals surface area contributed by atoms with Crippen molar-refractivity contribution < 1.29 is 9.47 Å². The molecule has 168 valence electrons. The Morgan fingerprint density at radius 2 is 1.50 bits per heavy atom. The van der Waals surface area contributed by atoms with E-state index < -0.39 is 5.54 Å². The molecule has 2 aliphatic heterocycles. The SMILES string of the molecule is CSC(/C(=C/c1ccccc1)N1CCOCC1)C(C#N)(c1ccccc1)N1CCOCC1. The van der Waals surface area contributed by atoms with Crippen LogP contribution in [0.4, 0.5) is 0 Å². The summed E-state index contributed by atoms with van der Waals surface area (Å²) in [5, 5.41) is 10.8. The number of nitrogens with zero attached hydrogens (tertiary/aromatic N) is 3. The van der Waals surface area contributed by atoms with Crippen LogP contribution in [-0.2, 0) is 15.0 Å². The molecule has 2 fully saturated rings. The second kappa shape index (κ2) is 11.0. The van der Waals surface area contributed by atoms with Gasteiger partial charge in [-0.15, -0.1) is 0 Å². The fraction of sp³-hybridized carbons (Fsp3) is 0.423. The quantitative estimate of drug-likeness (QED) is 0.640. The minimum Gasteiger partial charge on any atom is -0.379 e. The molecule has 32 heavy (non-hydrogen) atoms. The lowest BCUT2D eigenvalue weighted by molar-refractivity contribution is -0.00730. The minimum absolute atomic E-state index is 0.0775. The van der Waals surface area contributed by atoms with E-state index in [9.17, 15) is 5.26 Å². The average molecular weight is 450 g/mol. The molecule has 2 heterocycles. The van der Waals surface area contributed by atoms with E-state index in [1.165, 1.54) is 5.70 Å². The Labute approximate surface area is 195 Å². The van der Waals surface area contributed by atoms with E-state index in [1.54, 1.807) is 11.8 Å². The summed E-state index contributed by atoms with van der Waals surface area (Å²) in [6, 6.07) is 23.5. The number of ether oxygens (including phenoxy) is 2. The van der Waals surface area contributed by atoms with Gasteiger partial charge in [0.1, 0.15) is 0 Å². The van der Waals surface area contributed by atoms with E-state index in [4.69, 9.17) is 9.47 Å². The summed E-state index contributed by atoms with van der Waals surface area (Å²) in [7, 11) is 0. The maximum Gasteiger partial charge on any atom is 0.152 e. The van der Waals surface area contributed by atoms with Crippen molar-refractivity contribution in [3.63, 3.8) is 0 Å². The van der Waals surface area contributed by atoms with Crippen LogP contribution in [0.2, 0.25) is 0 Å². The van der Waals surface area contributed by atoms with Crippen molar-refractivity contribution in [2.75, 3.05) is 58.9 Å². The molecule has 0 aliphatic carbocycles. The van der Waals surface area contributed by atoms with E-state index in [-0.39, 0.29) is 5.25 Å².